The van der Waals surface area contributed by atoms with Gasteiger partial charge in [0.1, 0.15) is 0 Å². The monoisotopic (exact) mass is 291 g/mol. The SMILES string of the molecule is Nc1nonc1C(=O)N1CCN(C(=O)c2ccco2)CC1. The van der Waals surface area contributed by atoms with Crippen LogP contribution >= 0.6 is 0 Å². The molecule has 0 aromatic carbocycles. The highest BCUT2D eigenvalue weighted by molar-refractivity contribution is 5.96. The molecule has 0 bridgehead atoms. The summed E-state index contributed by atoms with van der Waals surface area (Å²) in [5.74, 6) is -0.276. The fraction of sp³-hybridized carbons (Fsp3) is 0.333. The number of nitrogen functional groups attached to an aromatic ring is 1. The zero-order valence-electron chi connectivity index (χ0n) is 11.1. The summed E-state index contributed by atoms with van der Waals surface area (Å²) in [6.45, 7) is 1.60. The maximum Gasteiger partial charge on any atom is 0.289 e. The Labute approximate surface area is 119 Å². The molecular weight excluding hydrogens is 278 g/mol. The first-order chi connectivity index (χ1) is 10.2. The van der Waals surface area contributed by atoms with E-state index in [1.807, 2.05) is 0 Å². The molecule has 0 saturated carbocycles. The summed E-state index contributed by atoms with van der Waals surface area (Å²) in [6, 6.07) is 3.27. The maximum atomic E-state index is 12.1. The lowest BCUT2D eigenvalue weighted by atomic mass is 10.2. The van der Waals surface area contributed by atoms with Crippen LogP contribution < -0.4 is 5.73 Å². The molecule has 9 nitrogen and oxygen atoms in total. The first kappa shape index (κ1) is 13.2. The van der Waals surface area contributed by atoms with Crippen LogP contribution in [0.25, 0.3) is 0 Å². The van der Waals surface area contributed by atoms with Crippen LogP contribution in [0.2, 0.25) is 0 Å². The van der Waals surface area contributed by atoms with Gasteiger partial charge in [-0.25, -0.2) is 4.63 Å². The van der Waals surface area contributed by atoms with E-state index in [-0.39, 0.29) is 23.3 Å². The van der Waals surface area contributed by atoms with Gasteiger partial charge in [0.25, 0.3) is 11.8 Å². The summed E-state index contributed by atoms with van der Waals surface area (Å²) in [7, 11) is 0. The van der Waals surface area contributed by atoms with Crippen molar-refractivity contribution >= 4 is 17.6 Å². The Hall–Kier alpha value is -2.84. The second kappa shape index (κ2) is 5.27. The van der Waals surface area contributed by atoms with E-state index in [9.17, 15) is 9.59 Å². The number of carbonyl (C=O) groups is 2. The van der Waals surface area contributed by atoms with E-state index in [1.165, 1.54) is 6.26 Å². The molecule has 0 aliphatic carbocycles. The van der Waals surface area contributed by atoms with Crippen LogP contribution in [0.3, 0.4) is 0 Å². The molecule has 0 unspecified atom stereocenters. The molecule has 0 spiro atoms. The number of hydrogen-bond acceptors (Lipinski definition) is 7. The number of nitrogens with zero attached hydrogens (tertiary/aromatic N) is 4. The van der Waals surface area contributed by atoms with Crippen LogP contribution in [0, 0.1) is 0 Å². The summed E-state index contributed by atoms with van der Waals surface area (Å²) < 4.78 is 9.49. The minimum Gasteiger partial charge on any atom is -0.459 e. The fourth-order valence-corrected chi connectivity index (χ4v) is 2.16. The van der Waals surface area contributed by atoms with Crippen molar-refractivity contribution in [3.63, 3.8) is 0 Å². The van der Waals surface area contributed by atoms with Gasteiger partial charge >= 0.3 is 0 Å². The minimum absolute atomic E-state index is 0.000751. The molecule has 2 aromatic heterocycles. The van der Waals surface area contributed by atoms with Gasteiger partial charge in [0, 0.05) is 26.2 Å². The third kappa shape index (κ3) is 2.45. The van der Waals surface area contributed by atoms with Crippen LogP contribution in [0.4, 0.5) is 5.82 Å². The summed E-state index contributed by atoms with van der Waals surface area (Å²) >= 11 is 0. The maximum absolute atomic E-state index is 12.1. The minimum atomic E-state index is -0.348. The molecule has 3 heterocycles. The highest BCUT2D eigenvalue weighted by atomic mass is 16.6. The van der Waals surface area contributed by atoms with E-state index in [4.69, 9.17) is 10.2 Å². The van der Waals surface area contributed by atoms with Crippen LogP contribution in [0.1, 0.15) is 21.0 Å². The van der Waals surface area contributed by atoms with Crippen LogP contribution in [0.5, 0.6) is 0 Å². The molecule has 2 aromatic rings. The van der Waals surface area contributed by atoms with E-state index in [0.717, 1.165) is 0 Å². The lowest BCUT2D eigenvalue weighted by molar-refractivity contribution is 0.0513. The van der Waals surface area contributed by atoms with Crippen molar-refractivity contribution in [2.45, 2.75) is 0 Å². The first-order valence-corrected chi connectivity index (χ1v) is 6.37. The van der Waals surface area contributed by atoms with Gasteiger partial charge in [0.15, 0.2) is 5.76 Å². The molecule has 1 fully saturated rings. The summed E-state index contributed by atoms with van der Waals surface area (Å²) in [6.07, 6.45) is 1.45. The number of piperazine rings is 1. The third-order valence-corrected chi connectivity index (χ3v) is 3.30. The second-order valence-corrected chi connectivity index (χ2v) is 4.56. The van der Waals surface area contributed by atoms with Crippen molar-refractivity contribution in [1.82, 2.24) is 20.1 Å². The molecule has 110 valence electrons. The number of carbonyl (C=O) groups excluding carboxylic acids is 2. The average Bonchev–Trinajstić information content (AvgIpc) is 3.17. The van der Waals surface area contributed by atoms with Gasteiger partial charge in [0.2, 0.25) is 11.5 Å². The van der Waals surface area contributed by atoms with Gasteiger partial charge in [-0.2, -0.15) is 0 Å². The van der Waals surface area contributed by atoms with Crippen LogP contribution in [-0.2, 0) is 0 Å². The topological polar surface area (TPSA) is 119 Å². The molecule has 2 N–H and O–H groups in total. The van der Waals surface area contributed by atoms with Crippen LogP contribution in [-0.4, -0.2) is 58.1 Å². The third-order valence-electron chi connectivity index (χ3n) is 3.30. The highest BCUT2D eigenvalue weighted by Crippen LogP contribution is 2.13. The molecule has 0 atom stereocenters. The molecule has 1 aliphatic heterocycles. The standard InChI is InChI=1S/C12H13N5O4/c13-10-9(14-21-15-10)12(19)17-5-3-16(4-6-17)11(18)8-2-1-7-20-8/h1-2,7H,3-6H2,(H2,13,15). The molecule has 2 amide bonds. The van der Waals surface area contributed by atoms with Crippen molar-refractivity contribution in [2.24, 2.45) is 0 Å². The van der Waals surface area contributed by atoms with Crippen molar-refractivity contribution in [3.05, 3.63) is 29.9 Å². The predicted octanol–water partition coefficient (Wildman–Crippen LogP) is -0.157. The Morgan fingerprint density at radius 3 is 2.29 bits per heavy atom. The number of aromatic nitrogens is 2. The number of anilines is 1. The Morgan fingerprint density at radius 2 is 1.76 bits per heavy atom. The fourth-order valence-electron chi connectivity index (χ4n) is 2.16. The first-order valence-electron chi connectivity index (χ1n) is 6.37. The predicted molar refractivity (Wildman–Crippen MR) is 69.2 cm³/mol. The molecule has 0 radical (unpaired) electrons. The van der Waals surface area contributed by atoms with Gasteiger partial charge in [-0.3, -0.25) is 9.59 Å². The van der Waals surface area contributed by atoms with Crippen LogP contribution in [0.15, 0.2) is 27.4 Å². The summed E-state index contributed by atoms with van der Waals surface area (Å²) in [5.41, 5.74) is 5.50. The van der Waals surface area contributed by atoms with Gasteiger partial charge in [-0.15, -0.1) is 0 Å². The van der Waals surface area contributed by atoms with E-state index in [0.29, 0.717) is 31.9 Å². The van der Waals surface area contributed by atoms with E-state index in [2.05, 4.69) is 14.9 Å². The number of nitrogens with two attached hydrogens (primary N) is 1. The Balaban J connectivity index is 1.62. The molecule has 1 saturated heterocycles. The zero-order chi connectivity index (χ0) is 14.8. The summed E-state index contributed by atoms with van der Waals surface area (Å²) in [5, 5.41) is 6.86. The smallest absolute Gasteiger partial charge is 0.289 e. The van der Waals surface area contributed by atoms with Gasteiger partial charge in [-0.1, -0.05) is 0 Å². The lowest BCUT2D eigenvalue weighted by Crippen LogP contribution is -2.50. The Kier molecular flexibility index (Phi) is 3.30. The van der Waals surface area contributed by atoms with Crippen molar-refractivity contribution in [2.75, 3.05) is 31.9 Å². The molecule has 3 rings (SSSR count). The largest absolute Gasteiger partial charge is 0.459 e. The number of rotatable bonds is 2. The van der Waals surface area contributed by atoms with Crippen molar-refractivity contribution in [1.29, 1.82) is 0 Å². The zero-order valence-corrected chi connectivity index (χ0v) is 11.1. The van der Waals surface area contributed by atoms with Gasteiger partial charge in [0.05, 0.1) is 6.26 Å². The van der Waals surface area contributed by atoms with Crippen molar-refractivity contribution < 1.29 is 18.6 Å². The number of hydrogen-bond donors (Lipinski definition) is 1. The Bertz CT molecular complexity index is 642. The second-order valence-electron chi connectivity index (χ2n) is 4.56. The average molecular weight is 291 g/mol. The lowest BCUT2D eigenvalue weighted by Gasteiger charge is -2.33. The molecule has 9 heteroatoms. The van der Waals surface area contributed by atoms with Gasteiger partial charge < -0.3 is 20.0 Å². The van der Waals surface area contributed by atoms with E-state index < -0.39 is 0 Å². The van der Waals surface area contributed by atoms with Gasteiger partial charge in [-0.05, 0) is 22.4 Å². The molecule has 1 aliphatic rings. The summed E-state index contributed by atoms with van der Waals surface area (Å²) in [4.78, 5) is 27.4. The molecule has 21 heavy (non-hydrogen) atoms. The normalized spacial score (nSPS) is 15.2. The quantitative estimate of drug-likeness (QED) is 0.816. The molecular formula is C12H13N5O4. The number of amides is 2. The van der Waals surface area contributed by atoms with E-state index >= 15 is 0 Å². The van der Waals surface area contributed by atoms with Crippen molar-refractivity contribution in [3.8, 4) is 0 Å². The number of furan rings is 1. The highest BCUT2D eigenvalue weighted by Gasteiger charge is 2.29. The Morgan fingerprint density at radius 1 is 1.10 bits per heavy atom. The van der Waals surface area contributed by atoms with E-state index in [1.54, 1.807) is 21.9 Å².